The van der Waals surface area contributed by atoms with E-state index in [0.717, 1.165) is 18.4 Å². The molecule has 0 fully saturated rings. The van der Waals surface area contributed by atoms with Gasteiger partial charge in [-0.05, 0) is 35.4 Å². The summed E-state index contributed by atoms with van der Waals surface area (Å²) in [4.78, 5) is 8.11. The van der Waals surface area contributed by atoms with Gasteiger partial charge in [0.25, 0.3) is 0 Å². The van der Waals surface area contributed by atoms with Gasteiger partial charge >= 0.3 is 0 Å². The van der Waals surface area contributed by atoms with Gasteiger partial charge in [0.1, 0.15) is 11.0 Å². The minimum Gasteiger partial charge on any atom is -0.358 e. The van der Waals surface area contributed by atoms with Gasteiger partial charge in [-0.25, -0.2) is 22.2 Å². The van der Waals surface area contributed by atoms with Gasteiger partial charge in [0.05, 0.1) is 23.3 Å². The van der Waals surface area contributed by atoms with Crippen molar-refractivity contribution in [3.8, 4) is 0 Å². The number of halogens is 3. The van der Waals surface area contributed by atoms with E-state index < -0.39 is 27.5 Å². The molecule has 0 amide bonds. The number of sulfone groups is 1. The third kappa shape index (κ3) is 4.58. The Morgan fingerprint density at radius 3 is 2.44 bits per heavy atom. The van der Waals surface area contributed by atoms with Crippen molar-refractivity contribution in [2.75, 3.05) is 11.6 Å². The summed E-state index contributed by atoms with van der Waals surface area (Å²) >= 11 is 5.85. The summed E-state index contributed by atoms with van der Waals surface area (Å²) < 4.78 is 50.9. The fourth-order valence-electron chi connectivity index (χ4n) is 2.54. The van der Waals surface area contributed by atoms with Gasteiger partial charge in [0.15, 0.2) is 21.5 Å². The highest BCUT2D eigenvalue weighted by molar-refractivity contribution is 7.90. The molecule has 9 heteroatoms. The summed E-state index contributed by atoms with van der Waals surface area (Å²) in [5.74, 6) is -1.71. The van der Waals surface area contributed by atoms with Gasteiger partial charge < -0.3 is 5.32 Å². The van der Waals surface area contributed by atoms with E-state index in [4.69, 9.17) is 11.6 Å². The third-order valence-electron chi connectivity index (χ3n) is 3.79. The Balaban J connectivity index is 2.11. The first-order valence-electron chi connectivity index (χ1n) is 7.73. The molecule has 0 saturated carbocycles. The van der Waals surface area contributed by atoms with Crippen LogP contribution < -0.4 is 5.32 Å². The zero-order valence-corrected chi connectivity index (χ0v) is 15.6. The predicted molar refractivity (Wildman–Crippen MR) is 98.4 cm³/mol. The molecule has 2 aromatic carbocycles. The Morgan fingerprint density at radius 2 is 1.78 bits per heavy atom. The van der Waals surface area contributed by atoms with Crippen molar-refractivity contribution in [3.63, 3.8) is 0 Å². The monoisotopic (exact) mass is 409 g/mol. The number of anilines is 1. The lowest BCUT2D eigenvalue weighted by molar-refractivity contribution is 0.506. The van der Waals surface area contributed by atoms with Gasteiger partial charge in [-0.15, -0.1) is 0 Å². The molecule has 1 N–H and O–H groups in total. The maximum absolute atomic E-state index is 13.8. The number of nitrogens with one attached hydrogen (secondary N) is 1. The van der Waals surface area contributed by atoms with Crippen molar-refractivity contribution in [2.24, 2.45) is 0 Å². The number of benzene rings is 2. The van der Waals surface area contributed by atoms with Gasteiger partial charge in [0, 0.05) is 6.26 Å². The molecule has 5 nitrogen and oxygen atoms in total. The van der Waals surface area contributed by atoms with Crippen molar-refractivity contribution < 1.29 is 17.2 Å². The van der Waals surface area contributed by atoms with Crippen LogP contribution in [0.1, 0.15) is 17.2 Å². The Labute approximate surface area is 160 Å². The fourth-order valence-corrected chi connectivity index (χ4v) is 3.36. The molecule has 1 atom stereocenters. The van der Waals surface area contributed by atoms with Crippen molar-refractivity contribution in [2.45, 2.75) is 10.9 Å². The molecule has 3 aromatic rings. The zero-order valence-electron chi connectivity index (χ0n) is 14.0. The molecule has 0 saturated heterocycles. The van der Waals surface area contributed by atoms with Crippen molar-refractivity contribution in [1.82, 2.24) is 9.97 Å². The maximum Gasteiger partial charge on any atom is 0.175 e. The van der Waals surface area contributed by atoms with E-state index in [1.165, 1.54) is 30.6 Å². The summed E-state index contributed by atoms with van der Waals surface area (Å²) in [7, 11) is -3.45. The van der Waals surface area contributed by atoms with Gasteiger partial charge in [-0.2, -0.15) is 0 Å². The molecular formula is C18H14ClF2N3O2S. The normalized spacial score (nSPS) is 12.6. The smallest absolute Gasteiger partial charge is 0.175 e. The molecule has 0 spiro atoms. The summed E-state index contributed by atoms with van der Waals surface area (Å²) in [6.07, 6.45) is 3.86. The van der Waals surface area contributed by atoms with E-state index in [1.807, 2.05) is 0 Å². The summed E-state index contributed by atoms with van der Waals surface area (Å²) in [6, 6.07) is 8.90. The first-order valence-corrected chi connectivity index (χ1v) is 10.00. The quantitative estimate of drug-likeness (QED) is 0.689. The lowest BCUT2D eigenvalue weighted by atomic mass is 9.98. The average molecular weight is 410 g/mol. The zero-order chi connectivity index (χ0) is 19.6. The highest BCUT2D eigenvalue weighted by atomic mass is 35.5. The molecule has 1 heterocycles. The van der Waals surface area contributed by atoms with Crippen LogP contribution in [0.2, 0.25) is 5.15 Å². The fraction of sp³-hybridized carbons (Fsp3) is 0.111. The van der Waals surface area contributed by atoms with Gasteiger partial charge in [-0.1, -0.05) is 29.8 Å². The van der Waals surface area contributed by atoms with Crippen LogP contribution in [-0.4, -0.2) is 24.6 Å². The summed E-state index contributed by atoms with van der Waals surface area (Å²) in [6.45, 7) is 0. The van der Waals surface area contributed by atoms with Crippen LogP contribution >= 0.6 is 11.6 Å². The van der Waals surface area contributed by atoms with Crippen LogP contribution in [-0.2, 0) is 9.84 Å². The van der Waals surface area contributed by atoms with Gasteiger partial charge in [0.2, 0.25) is 0 Å². The topological polar surface area (TPSA) is 72.0 Å². The average Bonchev–Trinajstić information content (AvgIpc) is 2.62. The maximum atomic E-state index is 13.8. The summed E-state index contributed by atoms with van der Waals surface area (Å²) in [5.41, 5.74) is 0.895. The van der Waals surface area contributed by atoms with Crippen LogP contribution in [0.25, 0.3) is 0 Å². The van der Waals surface area contributed by atoms with E-state index in [9.17, 15) is 17.2 Å². The Kier molecular flexibility index (Phi) is 5.38. The number of aromatic nitrogens is 2. The second-order valence-electron chi connectivity index (χ2n) is 5.82. The lowest BCUT2D eigenvalue weighted by Crippen LogP contribution is -2.15. The number of hydrogen-bond donors (Lipinski definition) is 1. The Bertz CT molecular complexity index is 1090. The van der Waals surface area contributed by atoms with E-state index in [1.54, 1.807) is 12.1 Å². The number of nitrogens with zero attached hydrogens (tertiary/aromatic N) is 2. The Morgan fingerprint density at radius 1 is 1.04 bits per heavy atom. The molecule has 140 valence electrons. The largest absolute Gasteiger partial charge is 0.358 e. The van der Waals surface area contributed by atoms with Crippen LogP contribution in [0.3, 0.4) is 0 Å². The minimum absolute atomic E-state index is 0.103. The lowest BCUT2D eigenvalue weighted by Gasteiger charge is -2.21. The third-order valence-corrected chi connectivity index (χ3v) is 5.09. The van der Waals surface area contributed by atoms with Gasteiger partial charge in [-0.3, -0.25) is 4.98 Å². The van der Waals surface area contributed by atoms with E-state index in [-0.39, 0.29) is 10.0 Å². The Hall–Kier alpha value is -2.58. The standard InChI is InChI=1S/C18H14ClF2N3O2S/c1-27(25,26)13-4-2-3-11(7-13)18(12-5-6-14(20)15(21)8-12)24-17-10-22-9-16(19)23-17/h2-10,18H,1H3,(H,23,24). The van der Waals surface area contributed by atoms with Crippen LogP contribution in [0.5, 0.6) is 0 Å². The molecule has 1 aromatic heterocycles. The number of rotatable bonds is 5. The van der Waals surface area contributed by atoms with Crippen molar-refractivity contribution in [3.05, 3.63) is 82.8 Å². The molecular weight excluding hydrogens is 396 g/mol. The first-order chi connectivity index (χ1) is 12.7. The predicted octanol–water partition coefficient (Wildman–Crippen LogP) is 4.01. The minimum atomic E-state index is -3.45. The van der Waals surface area contributed by atoms with Crippen LogP contribution in [0.4, 0.5) is 14.6 Å². The molecule has 0 aliphatic rings. The van der Waals surface area contributed by atoms with Crippen molar-refractivity contribution in [1.29, 1.82) is 0 Å². The number of hydrogen-bond acceptors (Lipinski definition) is 5. The molecule has 3 rings (SSSR count). The van der Waals surface area contributed by atoms with E-state index in [0.29, 0.717) is 16.9 Å². The SMILES string of the molecule is CS(=O)(=O)c1cccc(C(Nc2cncc(Cl)n2)c2ccc(F)c(F)c2)c1. The first kappa shape index (κ1) is 19.2. The van der Waals surface area contributed by atoms with E-state index in [2.05, 4.69) is 15.3 Å². The highest BCUT2D eigenvalue weighted by Crippen LogP contribution is 2.29. The van der Waals surface area contributed by atoms with E-state index >= 15 is 0 Å². The molecule has 0 bridgehead atoms. The highest BCUT2D eigenvalue weighted by Gasteiger charge is 2.19. The summed E-state index contributed by atoms with van der Waals surface area (Å²) in [5, 5.41) is 3.18. The molecule has 0 aliphatic carbocycles. The van der Waals surface area contributed by atoms with Crippen molar-refractivity contribution >= 4 is 27.3 Å². The molecule has 27 heavy (non-hydrogen) atoms. The second-order valence-corrected chi connectivity index (χ2v) is 8.23. The molecule has 1 unspecified atom stereocenters. The molecule has 0 aliphatic heterocycles. The van der Waals surface area contributed by atoms with Crippen LogP contribution in [0, 0.1) is 11.6 Å². The second kappa shape index (κ2) is 7.58. The molecule has 0 radical (unpaired) electrons. The van der Waals surface area contributed by atoms with Crippen LogP contribution in [0.15, 0.2) is 59.8 Å².